The summed E-state index contributed by atoms with van der Waals surface area (Å²) in [5, 5.41) is 10.0. The fourth-order valence-corrected chi connectivity index (χ4v) is 1.76. The lowest BCUT2D eigenvalue weighted by Gasteiger charge is -2.49. The van der Waals surface area contributed by atoms with Crippen LogP contribution in [-0.2, 0) is 14.3 Å². The smallest absolute Gasteiger partial charge is 0.292 e. The minimum absolute atomic E-state index is 0.147. The van der Waals surface area contributed by atoms with Crippen molar-refractivity contribution in [3.8, 4) is 0 Å². The molecule has 0 aliphatic carbocycles. The molecule has 2 rings (SSSR count). The van der Waals surface area contributed by atoms with E-state index in [0.29, 0.717) is 26.3 Å². The summed E-state index contributed by atoms with van der Waals surface area (Å²) >= 11 is 0. The molecule has 16 heavy (non-hydrogen) atoms. The molecular weight excluding hydrogens is 210 g/mol. The molecule has 0 aromatic carbocycles. The Morgan fingerprint density at radius 1 is 1.50 bits per heavy atom. The van der Waals surface area contributed by atoms with Crippen LogP contribution in [0.3, 0.4) is 0 Å². The van der Waals surface area contributed by atoms with Crippen LogP contribution in [0.25, 0.3) is 0 Å². The minimum Gasteiger partial charge on any atom is -0.494 e. The SMILES string of the molecule is CC(C)C1(O)CN(C(=O)C2=COCCO2)C1. The van der Waals surface area contributed by atoms with Gasteiger partial charge >= 0.3 is 0 Å². The minimum atomic E-state index is -0.744. The van der Waals surface area contributed by atoms with Crippen molar-refractivity contribution in [1.82, 2.24) is 4.90 Å². The van der Waals surface area contributed by atoms with E-state index in [9.17, 15) is 9.90 Å². The van der Waals surface area contributed by atoms with Crippen LogP contribution in [0.4, 0.5) is 0 Å². The van der Waals surface area contributed by atoms with Crippen LogP contribution < -0.4 is 0 Å². The molecule has 5 nitrogen and oxygen atoms in total. The fourth-order valence-electron chi connectivity index (χ4n) is 1.76. The van der Waals surface area contributed by atoms with Gasteiger partial charge in [-0.1, -0.05) is 13.8 Å². The van der Waals surface area contributed by atoms with Gasteiger partial charge in [-0.3, -0.25) is 4.79 Å². The third kappa shape index (κ3) is 1.87. The number of carbonyl (C=O) groups is 1. The average Bonchev–Trinajstić information content (AvgIpc) is 2.25. The Bertz CT molecular complexity index is 318. The Morgan fingerprint density at radius 2 is 2.19 bits per heavy atom. The van der Waals surface area contributed by atoms with Crippen molar-refractivity contribution in [2.24, 2.45) is 5.92 Å². The van der Waals surface area contributed by atoms with E-state index >= 15 is 0 Å². The van der Waals surface area contributed by atoms with Gasteiger partial charge in [0.1, 0.15) is 25.1 Å². The highest BCUT2D eigenvalue weighted by molar-refractivity contribution is 5.92. The molecule has 0 radical (unpaired) electrons. The number of aliphatic hydroxyl groups is 1. The van der Waals surface area contributed by atoms with Gasteiger partial charge in [0.15, 0.2) is 0 Å². The van der Waals surface area contributed by atoms with Gasteiger partial charge in [0.25, 0.3) is 5.91 Å². The Hall–Kier alpha value is -1.23. The number of nitrogens with zero attached hydrogens (tertiary/aromatic N) is 1. The number of hydrogen-bond donors (Lipinski definition) is 1. The highest BCUT2D eigenvalue weighted by Crippen LogP contribution is 2.29. The van der Waals surface area contributed by atoms with Crippen molar-refractivity contribution in [2.45, 2.75) is 19.4 Å². The lowest BCUT2D eigenvalue weighted by Crippen LogP contribution is -2.66. The van der Waals surface area contributed by atoms with Crippen molar-refractivity contribution in [3.63, 3.8) is 0 Å². The monoisotopic (exact) mass is 227 g/mol. The quantitative estimate of drug-likeness (QED) is 0.727. The second kappa shape index (κ2) is 3.97. The molecule has 1 fully saturated rings. The number of likely N-dealkylation sites (tertiary alicyclic amines) is 1. The van der Waals surface area contributed by atoms with Gasteiger partial charge in [0.05, 0.1) is 13.1 Å². The Labute approximate surface area is 94.6 Å². The lowest BCUT2D eigenvalue weighted by atomic mass is 9.83. The molecule has 0 bridgehead atoms. The molecule has 0 saturated carbocycles. The highest BCUT2D eigenvalue weighted by Gasteiger charge is 2.46. The number of amides is 1. The van der Waals surface area contributed by atoms with E-state index in [1.165, 1.54) is 6.26 Å². The molecule has 0 atom stereocenters. The van der Waals surface area contributed by atoms with E-state index in [0.717, 1.165) is 0 Å². The number of β-amino-alcohol motifs (C(OH)–C–C–N with tert-alkyl or cyclic N) is 1. The molecule has 1 saturated heterocycles. The van der Waals surface area contributed by atoms with Gasteiger partial charge in [0.2, 0.25) is 5.76 Å². The predicted molar refractivity (Wildman–Crippen MR) is 56.4 cm³/mol. The predicted octanol–water partition coefficient (Wildman–Crippen LogP) is 0.104. The van der Waals surface area contributed by atoms with E-state index in [2.05, 4.69) is 0 Å². The fraction of sp³-hybridized carbons (Fsp3) is 0.727. The van der Waals surface area contributed by atoms with Gasteiger partial charge in [-0.05, 0) is 5.92 Å². The molecule has 0 aromatic heterocycles. The Kier molecular flexibility index (Phi) is 2.80. The first kappa shape index (κ1) is 11.3. The van der Waals surface area contributed by atoms with Crippen molar-refractivity contribution < 1.29 is 19.4 Å². The topological polar surface area (TPSA) is 59.0 Å². The summed E-state index contributed by atoms with van der Waals surface area (Å²) in [7, 11) is 0. The van der Waals surface area contributed by atoms with Gasteiger partial charge in [0, 0.05) is 0 Å². The van der Waals surface area contributed by atoms with E-state index < -0.39 is 5.60 Å². The number of hydrogen-bond acceptors (Lipinski definition) is 4. The van der Waals surface area contributed by atoms with Crippen LogP contribution in [0.15, 0.2) is 12.0 Å². The molecular formula is C11H17NO4. The third-order valence-electron chi connectivity index (χ3n) is 3.15. The lowest BCUT2D eigenvalue weighted by molar-refractivity contribution is -0.164. The molecule has 0 aromatic rings. The van der Waals surface area contributed by atoms with Gasteiger partial charge < -0.3 is 19.5 Å². The first-order valence-electron chi connectivity index (χ1n) is 5.49. The second-order valence-corrected chi connectivity index (χ2v) is 4.62. The molecule has 2 heterocycles. The number of ether oxygens (including phenoxy) is 2. The van der Waals surface area contributed by atoms with Gasteiger partial charge in [-0.2, -0.15) is 0 Å². The molecule has 1 amide bonds. The Morgan fingerprint density at radius 3 is 2.69 bits per heavy atom. The van der Waals surface area contributed by atoms with Crippen molar-refractivity contribution >= 4 is 5.91 Å². The maximum absolute atomic E-state index is 11.8. The number of rotatable bonds is 2. The second-order valence-electron chi connectivity index (χ2n) is 4.62. The number of carbonyl (C=O) groups excluding carboxylic acids is 1. The molecule has 0 unspecified atom stereocenters. The molecule has 0 spiro atoms. The highest BCUT2D eigenvalue weighted by atomic mass is 16.6. The summed E-state index contributed by atoms with van der Waals surface area (Å²) < 4.78 is 10.2. The summed E-state index contributed by atoms with van der Waals surface area (Å²) in [6.07, 6.45) is 1.35. The molecule has 1 N–H and O–H groups in total. The first-order chi connectivity index (χ1) is 7.53. The zero-order valence-electron chi connectivity index (χ0n) is 9.60. The van der Waals surface area contributed by atoms with Crippen molar-refractivity contribution in [2.75, 3.05) is 26.3 Å². The largest absolute Gasteiger partial charge is 0.494 e. The van der Waals surface area contributed by atoms with Gasteiger partial charge in [-0.15, -0.1) is 0 Å². The normalized spacial score (nSPS) is 23.0. The zero-order chi connectivity index (χ0) is 11.8. The summed E-state index contributed by atoms with van der Waals surface area (Å²) in [5.41, 5.74) is -0.744. The van der Waals surface area contributed by atoms with E-state index in [1.807, 2.05) is 13.8 Å². The molecule has 2 aliphatic heterocycles. The first-order valence-corrected chi connectivity index (χ1v) is 5.49. The van der Waals surface area contributed by atoms with Crippen LogP contribution in [0, 0.1) is 5.92 Å². The molecule has 5 heteroatoms. The van der Waals surface area contributed by atoms with Crippen LogP contribution in [0.5, 0.6) is 0 Å². The van der Waals surface area contributed by atoms with Crippen LogP contribution >= 0.6 is 0 Å². The van der Waals surface area contributed by atoms with Crippen LogP contribution in [0.2, 0.25) is 0 Å². The average molecular weight is 227 g/mol. The van der Waals surface area contributed by atoms with Crippen molar-refractivity contribution in [1.29, 1.82) is 0 Å². The van der Waals surface area contributed by atoms with Gasteiger partial charge in [-0.25, -0.2) is 0 Å². The van der Waals surface area contributed by atoms with E-state index in [1.54, 1.807) is 4.90 Å². The maximum Gasteiger partial charge on any atom is 0.292 e. The van der Waals surface area contributed by atoms with E-state index in [4.69, 9.17) is 9.47 Å². The van der Waals surface area contributed by atoms with E-state index in [-0.39, 0.29) is 17.6 Å². The van der Waals surface area contributed by atoms with Crippen molar-refractivity contribution in [3.05, 3.63) is 12.0 Å². The zero-order valence-corrected chi connectivity index (χ0v) is 9.60. The molecule has 2 aliphatic rings. The van der Waals surface area contributed by atoms with Crippen LogP contribution in [-0.4, -0.2) is 47.8 Å². The summed E-state index contributed by atoms with van der Waals surface area (Å²) in [6, 6.07) is 0. The summed E-state index contributed by atoms with van der Waals surface area (Å²) in [6.45, 7) is 5.50. The summed E-state index contributed by atoms with van der Waals surface area (Å²) in [4.78, 5) is 13.4. The summed E-state index contributed by atoms with van der Waals surface area (Å²) in [5.74, 6) is 0.177. The maximum atomic E-state index is 11.8. The molecule has 90 valence electrons. The third-order valence-corrected chi connectivity index (χ3v) is 3.15. The Balaban J connectivity index is 1.92. The standard InChI is InChI=1S/C11H17NO4/c1-8(2)11(14)6-12(7-11)10(13)9-5-15-3-4-16-9/h5,8,14H,3-4,6-7H2,1-2H3. The van der Waals surface area contributed by atoms with Crippen LogP contribution in [0.1, 0.15) is 13.8 Å².